The molecule has 1 fully saturated rings. The van der Waals surface area contributed by atoms with Crippen LogP contribution in [0, 0.1) is 5.92 Å². The van der Waals surface area contributed by atoms with E-state index in [1.807, 2.05) is 0 Å². The number of methoxy groups -OCH3 is 1. The summed E-state index contributed by atoms with van der Waals surface area (Å²) in [4.78, 5) is 0.630. The van der Waals surface area contributed by atoms with Crippen LogP contribution in [0.25, 0.3) is 0 Å². The van der Waals surface area contributed by atoms with Gasteiger partial charge in [0.2, 0.25) is 0 Å². The summed E-state index contributed by atoms with van der Waals surface area (Å²) in [5.41, 5.74) is 0. The molecular weight excluding hydrogens is 260 g/mol. The molecule has 1 aliphatic rings. The van der Waals surface area contributed by atoms with E-state index in [0.29, 0.717) is 24.0 Å². The third-order valence-corrected chi connectivity index (χ3v) is 3.88. The first-order valence-electron chi connectivity index (χ1n) is 5.63. The maximum absolute atomic E-state index is 5.46. The van der Waals surface area contributed by atoms with Crippen LogP contribution in [0.2, 0.25) is 0 Å². The molecule has 90 valence electrons. The zero-order chi connectivity index (χ0) is 10.9. The molecule has 1 heterocycles. The normalized spacial score (nSPS) is 26.8. The molecule has 1 saturated heterocycles. The van der Waals surface area contributed by atoms with Crippen molar-refractivity contribution in [2.75, 3.05) is 40.1 Å². The van der Waals surface area contributed by atoms with Gasteiger partial charge in [-0.05, 0) is 25.2 Å². The van der Waals surface area contributed by atoms with Gasteiger partial charge in [0.1, 0.15) is 0 Å². The fourth-order valence-electron chi connectivity index (χ4n) is 1.73. The molecule has 0 spiro atoms. The van der Waals surface area contributed by atoms with Crippen LogP contribution in [0.3, 0.4) is 0 Å². The van der Waals surface area contributed by atoms with Crippen molar-refractivity contribution in [2.45, 2.75) is 24.1 Å². The molecule has 0 aliphatic carbocycles. The first-order chi connectivity index (χ1) is 7.34. The molecule has 0 bridgehead atoms. The van der Waals surface area contributed by atoms with Gasteiger partial charge in [0.25, 0.3) is 0 Å². The molecule has 0 radical (unpaired) electrons. The molecule has 2 unspecified atom stereocenters. The van der Waals surface area contributed by atoms with Gasteiger partial charge >= 0.3 is 0 Å². The molecule has 0 aromatic carbocycles. The SMILES string of the molecule is COCCOCCCC1COCCC1Br. The van der Waals surface area contributed by atoms with Crippen LogP contribution >= 0.6 is 15.9 Å². The maximum Gasteiger partial charge on any atom is 0.0700 e. The van der Waals surface area contributed by atoms with Crippen LogP contribution in [0.4, 0.5) is 0 Å². The molecule has 4 heteroatoms. The van der Waals surface area contributed by atoms with Crippen LogP contribution in [-0.4, -0.2) is 45.0 Å². The summed E-state index contributed by atoms with van der Waals surface area (Å²) in [6.45, 7) is 4.02. The number of hydrogen-bond acceptors (Lipinski definition) is 3. The molecule has 15 heavy (non-hydrogen) atoms. The Labute approximate surface area is 101 Å². The summed E-state index contributed by atoms with van der Waals surface area (Å²) < 4.78 is 15.8. The standard InChI is InChI=1S/C11H21BrO3/c1-13-7-8-14-5-2-3-10-9-15-6-4-11(10)12/h10-11H,2-9H2,1H3. The fourth-order valence-corrected chi connectivity index (χ4v) is 2.33. The molecule has 1 aliphatic heterocycles. The highest BCUT2D eigenvalue weighted by atomic mass is 79.9. The van der Waals surface area contributed by atoms with Crippen molar-refractivity contribution in [1.82, 2.24) is 0 Å². The topological polar surface area (TPSA) is 27.7 Å². The average molecular weight is 281 g/mol. The highest BCUT2D eigenvalue weighted by Gasteiger charge is 2.22. The Morgan fingerprint density at radius 3 is 2.93 bits per heavy atom. The summed E-state index contributed by atoms with van der Waals surface area (Å²) >= 11 is 3.71. The highest BCUT2D eigenvalue weighted by molar-refractivity contribution is 9.09. The zero-order valence-corrected chi connectivity index (χ0v) is 11.0. The highest BCUT2D eigenvalue weighted by Crippen LogP contribution is 2.25. The number of alkyl halides is 1. The summed E-state index contributed by atoms with van der Waals surface area (Å²) in [5, 5.41) is 0. The van der Waals surface area contributed by atoms with Gasteiger partial charge < -0.3 is 14.2 Å². The first kappa shape index (κ1) is 13.4. The minimum atomic E-state index is 0.630. The lowest BCUT2D eigenvalue weighted by Crippen LogP contribution is -2.27. The van der Waals surface area contributed by atoms with Crippen molar-refractivity contribution in [2.24, 2.45) is 5.92 Å². The van der Waals surface area contributed by atoms with Crippen LogP contribution in [-0.2, 0) is 14.2 Å². The Bertz CT molecular complexity index is 155. The third-order valence-electron chi connectivity index (χ3n) is 2.68. The zero-order valence-electron chi connectivity index (χ0n) is 9.41. The summed E-state index contributed by atoms with van der Waals surface area (Å²) in [6.07, 6.45) is 3.43. The summed E-state index contributed by atoms with van der Waals surface area (Å²) in [7, 11) is 1.69. The number of halogens is 1. The number of rotatable bonds is 7. The number of ether oxygens (including phenoxy) is 3. The van der Waals surface area contributed by atoms with Gasteiger partial charge in [0, 0.05) is 25.2 Å². The molecule has 0 aromatic rings. The van der Waals surface area contributed by atoms with E-state index in [4.69, 9.17) is 14.2 Å². The van der Waals surface area contributed by atoms with E-state index in [9.17, 15) is 0 Å². The van der Waals surface area contributed by atoms with E-state index in [-0.39, 0.29) is 0 Å². The lowest BCUT2D eigenvalue weighted by molar-refractivity contribution is 0.0438. The second kappa shape index (κ2) is 8.50. The largest absolute Gasteiger partial charge is 0.382 e. The van der Waals surface area contributed by atoms with Crippen LogP contribution in [0.5, 0.6) is 0 Å². The van der Waals surface area contributed by atoms with Crippen molar-refractivity contribution in [3.05, 3.63) is 0 Å². The Morgan fingerprint density at radius 1 is 1.33 bits per heavy atom. The maximum atomic E-state index is 5.46. The Kier molecular flexibility index (Phi) is 7.61. The molecule has 1 rings (SSSR count). The molecule has 0 saturated carbocycles. The van der Waals surface area contributed by atoms with Gasteiger partial charge in [-0.15, -0.1) is 0 Å². The Morgan fingerprint density at radius 2 is 2.20 bits per heavy atom. The Hall–Kier alpha value is 0.360. The number of hydrogen-bond donors (Lipinski definition) is 0. The van der Waals surface area contributed by atoms with Crippen molar-refractivity contribution < 1.29 is 14.2 Å². The van der Waals surface area contributed by atoms with Crippen molar-refractivity contribution >= 4 is 15.9 Å². The van der Waals surface area contributed by atoms with Crippen molar-refractivity contribution in [3.63, 3.8) is 0 Å². The van der Waals surface area contributed by atoms with E-state index in [0.717, 1.165) is 32.7 Å². The van der Waals surface area contributed by atoms with Gasteiger partial charge in [-0.1, -0.05) is 15.9 Å². The minimum Gasteiger partial charge on any atom is -0.382 e. The second-order valence-corrected chi connectivity index (χ2v) is 5.06. The predicted molar refractivity (Wildman–Crippen MR) is 63.6 cm³/mol. The van der Waals surface area contributed by atoms with Gasteiger partial charge in [0.15, 0.2) is 0 Å². The molecule has 2 atom stereocenters. The molecule has 0 aromatic heterocycles. The van der Waals surface area contributed by atoms with Gasteiger partial charge in [-0.2, -0.15) is 0 Å². The predicted octanol–water partition coefficient (Wildman–Crippen LogP) is 2.23. The first-order valence-corrected chi connectivity index (χ1v) is 6.54. The van der Waals surface area contributed by atoms with Crippen molar-refractivity contribution in [3.8, 4) is 0 Å². The van der Waals surface area contributed by atoms with E-state index in [2.05, 4.69) is 15.9 Å². The van der Waals surface area contributed by atoms with E-state index in [1.54, 1.807) is 7.11 Å². The van der Waals surface area contributed by atoms with Crippen LogP contribution < -0.4 is 0 Å². The summed E-state index contributed by atoms with van der Waals surface area (Å²) in [5.74, 6) is 0.657. The molecule has 0 amide bonds. The fraction of sp³-hybridized carbons (Fsp3) is 1.00. The monoisotopic (exact) mass is 280 g/mol. The van der Waals surface area contributed by atoms with E-state index >= 15 is 0 Å². The van der Waals surface area contributed by atoms with Crippen molar-refractivity contribution in [1.29, 1.82) is 0 Å². The van der Waals surface area contributed by atoms with Crippen LogP contribution in [0.15, 0.2) is 0 Å². The lowest BCUT2D eigenvalue weighted by atomic mass is 9.97. The second-order valence-electron chi connectivity index (χ2n) is 3.89. The molecule has 0 N–H and O–H groups in total. The molecular formula is C11H21BrO3. The smallest absolute Gasteiger partial charge is 0.0700 e. The summed E-state index contributed by atoms with van der Waals surface area (Å²) in [6, 6.07) is 0. The van der Waals surface area contributed by atoms with Crippen LogP contribution in [0.1, 0.15) is 19.3 Å². The average Bonchev–Trinajstić information content (AvgIpc) is 2.25. The van der Waals surface area contributed by atoms with Gasteiger partial charge in [0.05, 0.1) is 19.8 Å². The Balaban J connectivity index is 1.94. The minimum absolute atomic E-state index is 0.630. The lowest BCUT2D eigenvalue weighted by Gasteiger charge is -2.27. The third kappa shape index (κ3) is 5.85. The molecule has 3 nitrogen and oxygen atoms in total. The van der Waals surface area contributed by atoms with E-state index in [1.165, 1.54) is 6.42 Å². The van der Waals surface area contributed by atoms with Gasteiger partial charge in [-0.3, -0.25) is 0 Å². The van der Waals surface area contributed by atoms with E-state index < -0.39 is 0 Å². The van der Waals surface area contributed by atoms with Gasteiger partial charge in [-0.25, -0.2) is 0 Å². The quantitative estimate of drug-likeness (QED) is 0.529.